The summed E-state index contributed by atoms with van der Waals surface area (Å²) >= 11 is 3.09. The van der Waals surface area contributed by atoms with Crippen LogP contribution in [0.15, 0.2) is 16.9 Å². The summed E-state index contributed by atoms with van der Waals surface area (Å²) in [5, 5.41) is 0. The van der Waals surface area contributed by atoms with Gasteiger partial charge >= 0.3 is 0 Å². The third-order valence-electron chi connectivity index (χ3n) is 1.24. The monoisotopic (exact) mass is 230 g/mol. The van der Waals surface area contributed by atoms with Gasteiger partial charge in [-0.1, -0.05) is 0 Å². The van der Waals surface area contributed by atoms with Crippen molar-refractivity contribution < 1.29 is 4.79 Å². The van der Waals surface area contributed by atoms with E-state index in [2.05, 4.69) is 20.9 Å². The van der Waals surface area contributed by atoms with E-state index in [9.17, 15) is 4.79 Å². The van der Waals surface area contributed by atoms with E-state index in [0.29, 0.717) is 15.9 Å². The van der Waals surface area contributed by atoms with Crippen molar-refractivity contribution in [1.82, 2.24) is 10.4 Å². The van der Waals surface area contributed by atoms with Crippen LogP contribution in [0.4, 0.5) is 5.69 Å². The van der Waals surface area contributed by atoms with Crippen molar-refractivity contribution >= 4 is 27.5 Å². The Bertz CT molecular complexity index is 314. The Labute approximate surface area is 77.2 Å². The number of aromatic nitrogens is 1. The van der Waals surface area contributed by atoms with Gasteiger partial charge in [-0.15, -0.1) is 0 Å². The molecule has 5 N–H and O–H groups in total. The van der Waals surface area contributed by atoms with Gasteiger partial charge < -0.3 is 5.73 Å². The molecule has 1 aromatic rings. The number of hydrazine groups is 1. The summed E-state index contributed by atoms with van der Waals surface area (Å²) in [6, 6.07) is 1.49. The van der Waals surface area contributed by atoms with E-state index in [0.717, 1.165) is 0 Å². The van der Waals surface area contributed by atoms with Crippen LogP contribution in [0, 0.1) is 0 Å². The number of anilines is 1. The lowest BCUT2D eigenvalue weighted by Gasteiger charge is -2.01. The number of nitrogens with two attached hydrogens (primary N) is 2. The molecule has 0 saturated carbocycles. The fourth-order valence-electron chi connectivity index (χ4n) is 0.701. The number of hydrogen-bond acceptors (Lipinski definition) is 4. The van der Waals surface area contributed by atoms with Crippen molar-refractivity contribution in [3.8, 4) is 0 Å². The van der Waals surface area contributed by atoms with Crippen LogP contribution in [-0.4, -0.2) is 10.9 Å². The molecule has 0 fully saturated rings. The quantitative estimate of drug-likeness (QED) is 0.275. The highest BCUT2D eigenvalue weighted by atomic mass is 79.9. The second kappa shape index (κ2) is 3.51. The Hall–Kier alpha value is -1.14. The Morgan fingerprint density at radius 1 is 1.67 bits per heavy atom. The van der Waals surface area contributed by atoms with Crippen molar-refractivity contribution in [3.05, 3.63) is 22.4 Å². The van der Waals surface area contributed by atoms with Gasteiger partial charge in [0.05, 0.1) is 17.4 Å². The first-order valence-corrected chi connectivity index (χ1v) is 3.86. The number of nitrogen functional groups attached to an aromatic ring is 2. The number of carbonyl (C=O) groups excluding carboxylic acids is 1. The van der Waals surface area contributed by atoms with Gasteiger partial charge in [0.25, 0.3) is 5.91 Å². The summed E-state index contributed by atoms with van der Waals surface area (Å²) in [7, 11) is 0. The maximum Gasteiger partial charge on any atom is 0.268 e. The molecule has 0 unspecified atom stereocenters. The van der Waals surface area contributed by atoms with Crippen LogP contribution in [-0.2, 0) is 0 Å². The highest BCUT2D eigenvalue weighted by molar-refractivity contribution is 9.10. The fraction of sp³-hybridized carbons (Fsp3) is 0. The molecule has 0 aliphatic heterocycles. The van der Waals surface area contributed by atoms with Crippen LogP contribution in [0.1, 0.15) is 10.4 Å². The van der Waals surface area contributed by atoms with Gasteiger partial charge in [0.15, 0.2) is 0 Å². The SMILES string of the molecule is NNC(=O)c1cc(N)cnc1Br. The molecule has 6 heteroatoms. The zero-order valence-electron chi connectivity index (χ0n) is 6.04. The lowest BCUT2D eigenvalue weighted by molar-refractivity contribution is 0.0952. The minimum atomic E-state index is -0.429. The number of amides is 1. The number of nitrogens with one attached hydrogen (secondary N) is 1. The van der Waals surface area contributed by atoms with E-state index in [1.54, 1.807) is 0 Å². The first-order valence-electron chi connectivity index (χ1n) is 3.07. The van der Waals surface area contributed by atoms with Crippen LogP contribution in [0.5, 0.6) is 0 Å². The van der Waals surface area contributed by atoms with Gasteiger partial charge in [-0.05, 0) is 22.0 Å². The second-order valence-corrected chi connectivity index (χ2v) is 2.83. The zero-order valence-corrected chi connectivity index (χ0v) is 7.63. The van der Waals surface area contributed by atoms with Gasteiger partial charge in [-0.25, -0.2) is 10.8 Å². The summed E-state index contributed by atoms with van der Waals surface area (Å²) in [4.78, 5) is 14.8. The van der Waals surface area contributed by atoms with Crippen molar-refractivity contribution in [2.75, 3.05) is 5.73 Å². The van der Waals surface area contributed by atoms with Crippen LogP contribution >= 0.6 is 15.9 Å². The van der Waals surface area contributed by atoms with E-state index >= 15 is 0 Å². The number of halogens is 1. The summed E-state index contributed by atoms with van der Waals surface area (Å²) < 4.78 is 0.416. The van der Waals surface area contributed by atoms with Crippen molar-refractivity contribution in [1.29, 1.82) is 0 Å². The maximum absolute atomic E-state index is 11.0. The normalized spacial score (nSPS) is 9.50. The zero-order chi connectivity index (χ0) is 9.14. The number of nitrogens with zero attached hydrogens (tertiary/aromatic N) is 1. The minimum absolute atomic E-state index is 0.317. The van der Waals surface area contributed by atoms with Gasteiger partial charge in [0.1, 0.15) is 4.60 Å². The molecule has 12 heavy (non-hydrogen) atoms. The predicted octanol–water partition coefficient (Wildman–Crippen LogP) is 0.0298. The number of hydrogen-bond donors (Lipinski definition) is 3. The largest absolute Gasteiger partial charge is 0.397 e. The molecule has 1 heterocycles. The highest BCUT2D eigenvalue weighted by Gasteiger charge is 2.09. The molecule has 0 spiro atoms. The van der Waals surface area contributed by atoms with E-state index in [1.165, 1.54) is 12.3 Å². The molecule has 0 saturated heterocycles. The number of pyridine rings is 1. The molecule has 0 aromatic carbocycles. The minimum Gasteiger partial charge on any atom is -0.397 e. The Morgan fingerprint density at radius 2 is 2.33 bits per heavy atom. The summed E-state index contributed by atoms with van der Waals surface area (Å²) in [5.74, 6) is 4.51. The van der Waals surface area contributed by atoms with Crippen LogP contribution in [0.3, 0.4) is 0 Å². The molecule has 0 radical (unpaired) electrons. The maximum atomic E-state index is 11.0. The third-order valence-corrected chi connectivity index (χ3v) is 1.87. The van der Waals surface area contributed by atoms with E-state index in [4.69, 9.17) is 11.6 Å². The van der Waals surface area contributed by atoms with Gasteiger partial charge in [0, 0.05) is 0 Å². The second-order valence-electron chi connectivity index (χ2n) is 2.08. The topological polar surface area (TPSA) is 94.0 Å². The molecular weight excluding hydrogens is 224 g/mol. The smallest absolute Gasteiger partial charge is 0.268 e. The van der Waals surface area contributed by atoms with E-state index in [-0.39, 0.29) is 0 Å². The lowest BCUT2D eigenvalue weighted by atomic mass is 10.2. The average Bonchev–Trinajstić information content (AvgIpc) is 2.08. The molecular formula is C6H7BrN4O. The molecule has 1 amide bonds. The summed E-state index contributed by atoms with van der Waals surface area (Å²) in [5.41, 5.74) is 8.13. The first kappa shape index (κ1) is 8.95. The Balaban J connectivity index is 3.13. The molecule has 0 bridgehead atoms. The standard InChI is InChI=1S/C6H7BrN4O/c7-5-4(6(12)11-9)1-3(8)2-10-5/h1-2H,8-9H2,(H,11,12). The third kappa shape index (κ3) is 1.72. The molecule has 5 nitrogen and oxygen atoms in total. The van der Waals surface area contributed by atoms with E-state index in [1.807, 2.05) is 5.43 Å². The first-order chi connectivity index (χ1) is 5.65. The lowest BCUT2D eigenvalue weighted by Crippen LogP contribution is -2.30. The van der Waals surface area contributed by atoms with Gasteiger partial charge in [0.2, 0.25) is 0 Å². The Kier molecular flexibility index (Phi) is 2.61. The van der Waals surface area contributed by atoms with Crippen molar-refractivity contribution in [2.45, 2.75) is 0 Å². The van der Waals surface area contributed by atoms with Crippen LogP contribution in [0.2, 0.25) is 0 Å². The fourth-order valence-corrected chi connectivity index (χ4v) is 1.10. The molecule has 0 aliphatic rings. The summed E-state index contributed by atoms with van der Waals surface area (Å²) in [6.07, 6.45) is 1.44. The number of rotatable bonds is 1. The molecule has 0 aliphatic carbocycles. The molecule has 1 aromatic heterocycles. The highest BCUT2D eigenvalue weighted by Crippen LogP contribution is 2.15. The average molecular weight is 231 g/mol. The predicted molar refractivity (Wildman–Crippen MR) is 48.0 cm³/mol. The van der Waals surface area contributed by atoms with Crippen LogP contribution < -0.4 is 17.0 Å². The number of carbonyl (C=O) groups is 1. The van der Waals surface area contributed by atoms with Crippen LogP contribution in [0.25, 0.3) is 0 Å². The molecule has 64 valence electrons. The Morgan fingerprint density at radius 3 is 2.92 bits per heavy atom. The summed E-state index contributed by atoms with van der Waals surface area (Å²) in [6.45, 7) is 0. The molecule has 0 atom stereocenters. The van der Waals surface area contributed by atoms with Crippen molar-refractivity contribution in [2.24, 2.45) is 5.84 Å². The molecule has 1 rings (SSSR count). The van der Waals surface area contributed by atoms with Gasteiger partial charge in [-0.3, -0.25) is 10.2 Å². The van der Waals surface area contributed by atoms with Crippen molar-refractivity contribution in [3.63, 3.8) is 0 Å². The van der Waals surface area contributed by atoms with E-state index < -0.39 is 5.91 Å². The van der Waals surface area contributed by atoms with Gasteiger partial charge in [-0.2, -0.15) is 0 Å².